The molecule has 4 rings (SSSR count). The van der Waals surface area contributed by atoms with Crippen LogP contribution < -0.4 is 4.90 Å². The first kappa shape index (κ1) is 14.0. The summed E-state index contributed by atoms with van der Waals surface area (Å²) in [5.41, 5.74) is -1.21. The highest BCUT2D eigenvalue weighted by molar-refractivity contribution is 6.23. The van der Waals surface area contributed by atoms with E-state index in [0.717, 1.165) is 4.90 Å². The Hall–Kier alpha value is -2.58. The number of aliphatic hydroxyl groups is 1. The quantitative estimate of drug-likeness (QED) is 0.374. The summed E-state index contributed by atoms with van der Waals surface area (Å²) in [5.74, 6) is -2.44. The maximum absolute atomic E-state index is 12.7. The molecular formula is C15H12N2O6. The van der Waals surface area contributed by atoms with Crippen molar-refractivity contribution in [1.82, 2.24) is 0 Å². The second-order valence-corrected chi connectivity index (χ2v) is 5.85. The van der Waals surface area contributed by atoms with Crippen molar-refractivity contribution in [3.05, 3.63) is 46.5 Å². The average Bonchev–Trinajstić information content (AvgIpc) is 3.18. The summed E-state index contributed by atoms with van der Waals surface area (Å²) < 4.78 is 5.63. The summed E-state index contributed by atoms with van der Waals surface area (Å²) in [6.07, 6.45) is 2.76. The molecule has 0 spiro atoms. The number of anilines is 1. The van der Waals surface area contributed by atoms with Crippen molar-refractivity contribution >= 4 is 23.2 Å². The third kappa shape index (κ3) is 1.67. The van der Waals surface area contributed by atoms with E-state index in [1.54, 1.807) is 12.2 Å². The van der Waals surface area contributed by atoms with Crippen molar-refractivity contribution < 1.29 is 24.4 Å². The SMILES string of the molecule is O=C1[C@@H]2[C@@H](C(=O)N1c1cccc([N+](=O)[O-])c1)[C@@]1(CO)C=C[C@H]2O1. The summed E-state index contributed by atoms with van der Waals surface area (Å²) in [6, 6.07) is 5.39. The number of imide groups is 1. The third-order valence-electron chi connectivity index (χ3n) is 4.70. The largest absolute Gasteiger partial charge is 0.393 e. The number of rotatable bonds is 3. The molecule has 23 heavy (non-hydrogen) atoms. The van der Waals surface area contributed by atoms with Crippen molar-refractivity contribution in [3.8, 4) is 0 Å². The first-order chi connectivity index (χ1) is 11.0. The zero-order valence-electron chi connectivity index (χ0n) is 11.8. The van der Waals surface area contributed by atoms with Crippen LogP contribution in [0, 0.1) is 22.0 Å². The molecule has 0 radical (unpaired) electrons. The summed E-state index contributed by atoms with van der Waals surface area (Å²) in [4.78, 5) is 36.7. The van der Waals surface area contributed by atoms with E-state index in [1.807, 2.05) is 0 Å². The summed E-state index contributed by atoms with van der Waals surface area (Å²) in [6.45, 7) is -0.400. The highest BCUT2D eigenvalue weighted by Gasteiger charge is 2.67. The van der Waals surface area contributed by atoms with Crippen molar-refractivity contribution in [3.63, 3.8) is 0 Å². The first-order valence-corrected chi connectivity index (χ1v) is 7.09. The van der Waals surface area contributed by atoms with Gasteiger partial charge in [0.2, 0.25) is 11.8 Å². The van der Waals surface area contributed by atoms with Crippen LogP contribution in [0.15, 0.2) is 36.4 Å². The number of nitro groups is 1. The molecule has 1 aromatic carbocycles. The van der Waals surface area contributed by atoms with E-state index < -0.39 is 46.9 Å². The third-order valence-corrected chi connectivity index (χ3v) is 4.70. The van der Waals surface area contributed by atoms with Gasteiger partial charge in [0, 0.05) is 12.1 Å². The molecule has 0 unspecified atom stereocenters. The first-order valence-electron chi connectivity index (χ1n) is 7.09. The highest BCUT2D eigenvalue weighted by Crippen LogP contribution is 2.52. The Morgan fingerprint density at radius 1 is 1.35 bits per heavy atom. The Bertz CT molecular complexity index is 775. The predicted molar refractivity (Wildman–Crippen MR) is 76.4 cm³/mol. The maximum Gasteiger partial charge on any atom is 0.271 e. The van der Waals surface area contributed by atoms with E-state index in [4.69, 9.17) is 4.74 Å². The lowest BCUT2D eigenvalue weighted by Gasteiger charge is -2.26. The molecule has 0 aromatic heterocycles. The van der Waals surface area contributed by atoms with Crippen LogP contribution in [0.2, 0.25) is 0 Å². The van der Waals surface area contributed by atoms with E-state index in [2.05, 4.69) is 0 Å². The van der Waals surface area contributed by atoms with Crippen molar-refractivity contribution in [2.75, 3.05) is 11.5 Å². The van der Waals surface area contributed by atoms with Gasteiger partial charge in [0.1, 0.15) is 5.60 Å². The number of hydrogen-bond acceptors (Lipinski definition) is 6. The molecular weight excluding hydrogens is 304 g/mol. The van der Waals surface area contributed by atoms with E-state index in [-0.39, 0.29) is 11.4 Å². The molecule has 2 fully saturated rings. The minimum atomic E-state index is -1.17. The Balaban J connectivity index is 1.76. The van der Waals surface area contributed by atoms with Crippen LogP contribution in [0.3, 0.4) is 0 Å². The van der Waals surface area contributed by atoms with Crippen LogP contribution in [0.5, 0.6) is 0 Å². The molecule has 3 heterocycles. The topological polar surface area (TPSA) is 110 Å². The van der Waals surface area contributed by atoms with Crippen LogP contribution in [-0.4, -0.2) is 40.2 Å². The fraction of sp³-hybridized carbons (Fsp3) is 0.333. The number of carbonyl (C=O) groups is 2. The standard InChI is InChI=1S/C15H12N2O6/c18-7-15-5-4-10(23-15)11-12(15)14(20)16(13(11)19)8-2-1-3-9(6-8)17(21)22/h1-6,10-12,18H,7H2/t10-,11+,12+,15+/m1/s1. The molecule has 8 heteroatoms. The minimum absolute atomic E-state index is 0.163. The number of fused-ring (bicyclic) bond motifs is 5. The maximum atomic E-state index is 12.7. The monoisotopic (exact) mass is 316 g/mol. The predicted octanol–water partition coefficient (Wildman–Crippen LogP) is 0.400. The number of hydrogen-bond donors (Lipinski definition) is 1. The molecule has 8 nitrogen and oxygen atoms in total. The second-order valence-electron chi connectivity index (χ2n) is 5.85. The van der Waals surface area contributed by atoms with E-state index >= 15 is 0 Å². The number of carbonyl (C=O) groups excluding carboxylic acids is 2. The number of non-ortho nitro benzene ring substituents is 1. The molecule has 4 atom stereocenters. The van der Waals surface area contributed by atoms with Gasteiger partial charge in [-0.25, -0.2) is 4.90 Å². The van der Waals surface area contributed by atoms with Gasteiger partial charge < -0.3 is 9.84 Å². The lowest BCUT2D eigenvalue weighted by Crippen LogP contribution is -2.43. The van der Waals surface area contributed by atoms with Crippen molar-refractivity contribution in [2.45, 2.75) is 11.7 Å². The summed E-state index contributed by atoms with van der Waals surface area (Å²) >= 11 is 0. The van der Waals surface area contributed by atoms with Gasteiger partial charge in [-0.2, -0.15) is 0 Å². The van der Waals surface area contributed by atoms with Gasteiger partial charge in [0.05, 0.1) is 35.2 Å². The van der Waals surface area contributed by atoms with Gasteiger partial charge in [0.15, 0.2) is 0 Å². The molecule has 2 bridgehead atoms. The molecule has 3 aliphatic rings. The van der Waals surface area contributed by atoms with Crippen LogP contribution >= 0.6 is 0 Å². The molecule has 2 amide bonds. The molecule has 0 aliphatic carbocycles. The van der Waals surface area contributed by atoms with Crippen LogP contribution in [-0.2, 0) is 14.3 Å². The van der Waals surface area contributed by atoms with Crippen LogP contribution in [0.4, 0.5) is 11.4 Å². The van der Waals surface area contributed by atoms with Crippen molar-refractivity contribution in [2.24, 2.45) is 11.8 Å². The summed E-state index contributed by atoms with van der Waals surface area (Å²) in [5, 5.41) is 20.5. The Morgan fingerprint density at radius 2 is 2.13 bits per heavy atom. The lowest BCUT2D eigenvalue weighted by molar-refractivity contribution is -0.384. The van der Waals surface area contributed by atoms with Crippen LogP contribution in [0.25, 0.3) is 0 Å². The Morgan fingerprint density at radius 3 is 2.83 bits per heavy atom. The molecule has 1 aromatic rings. The number of benzene rings is 1. The number of aliphatic hydroxyl groups excluding tert-OH is 1. The molecule has 3 aliphatic heterocycles. The molecule has 0 saturated carbocycles. The fourth-order valence-electron chi connectivity index (χ4n) is 3.68. The normalized spacial score (nSPS) is 34.3. The smallest absolute Gasteiger partial charge is 0.271 e. The fourth-order valence-corrected chi connectivity index (χ4v) is 3.68. The molecule has 2 saturated heterocycles. The highest BCUT2D eigenvalue weighted by atomic mass is 16.6. The van der Waals surface area contributed by atoms with Crippen molar-refractivity contribution in [1.29, 1.82) is 0 Å². The second kappa shape index (κ2) is 4.46. The van der Waals surface area contributed by atoms with E-state index in [1.165, 1.54) is 24.3 Å². The van der Waals surface area contributed by atoms with E-state index in [0.29, 0.717) is 0 Å². The number of ether oxygens (including phenoxy) is 1. The number of nitro benzene ring substituents is 1. The Labute approximate surface area is 130 Å². The van der Waals surface area contributed by atoms with Gasteiger partial charge in [-0.15, -0.1) is 0 Å². The van der Waals surface area contributed by atoms with Gasteiger partial charge in [-0.3, -0.25) is 19.7 Å². The van der Waals surface area contributed by atoms with Crippen LogP contribution in [0.1, 0.15) is 0 Å². The van der Waals surface area contributed by atoms with Gasteiger partial charge in [0.25, 0.3) is 5.69 Å². The average molecular weight is 316 g/mol. The Kier molecular flexibility index (Phi) is 2.72. The van der Waals surface area contributed by atoms with E-state index in [9.17, 15) is 24.8 Å². The lowest BCUT2D eigenvalue weighted by atomic mass is 9.77. The summed E-state index contributed by atoms with van der Waals surface area (Å²) in [7, 11) is 0. The number of nitrogens with zero attached hydrogens (tertiary/aromatic N) is 2. The molecule has 1 N–H and O–H groups in total. The number of amides is 2. The van der Waals surface area contributed by atoms with Gasteiger partial charge in [-0.05, 0) is 6.07 Å². The zero-order valence-corrected chi connectivity index (χ0v) is 11.8. The zero-order chi connectivity index (χ0) is 16.4. The van der Waals surface area contributed by atoms with Gasteiger partial charge >= 0.3 is 0 Å². The molecule has 118 valence electrons. The minimum Gasteiger partial charge on any atom is -0.393 e. The van der Waals surface area contributed by atoms with Gasteiger partial charge in [-0.1, -0.05) is 18.2 Å².